The number of hydrogen-bond donors (Lipinski definition) is 1. The third kappa shape index (κ3) is 2.56. The molecule has 0 aliphatic carbocycles. The number of nitrogen functional groups attached to an aromatic ring is 1. The van der Waals surface area contributed by atoms with E-state index in [4.69, 9.17) is 22.6 Å². The molecule has 0 amide bonds. The molecule has 104 valence electrons. The zero-order chi connectivity index (χ0) is 14.8. The fourth-order valence-electron chi connectivity index (χ4n) is 2.39. The number of aromatic nitrogens is 2. The maximum absolute atomic E-state index is 8.98. The Balaban J connectivity index is 2.12. The van der Waals surface area contributed by atoms with Crippen LogP contribution in [0.2, 0.25) is 5.02 Å². The van der Waals surface area contributed by atoms with E-state index < -0.39 is 0 Å². The van der Waals surface area contributed by atoms with Gasteiger partial charge in [-0.2, -0.15) is 5.26 Å². The van der Waals surface area contributed by atoms with Gasteiger partial charge in [0.2, 0.25) is 0 Å². The molecule has 2 aromatic carbocycles. The van der Waals surface area contributed by atoms with Crippen molar-refractivity contribution in [1.29, 1.82) is 5.26 Å². The highest BCUT2D eigenvalue weighted by molar-refractivity contribution is 6.31. The first-order valence-electron chi connectivity index (χ1n) is 6.54. The number of nitrogens with two attached hydrogens (primary N) is 1. The third-order valence-electron chi connectivity index (χ3n) is 3.37. The topological polar surface area (TPSA) is 67.6 Å². The van der Waals surface area contributed by atoms with E-state index in [0.717, 1.165) is 22.4 Å². The van der Waals surface area contributed by atoms with Crippen LogP contribution in [0.4, 0.5) is 5.69 Å². The Labute approximate surface area is 127 Å². The Morgan fingerprint density at radius 1 is 1.24 bits per heavy atom. The lowest BCUT2D eigenvalue weighted by Gasteiger charge is -2.10. The molecule has 0 bridgehead atoms. The van der Waals surface area contributed by atoms with Gasteiger partial charge in [-0.25, -0.2) is 4.98 Å². The number of benzene rings is 2. The average Bonchev–Trinajstić information content (AvgIpc) is 2.81. The summed E-state index contributed by atoms with van der Waals surface area (Å²) >= 11 is 6.24. The average molecular weight is 297 g/mol. The van der Waals surface area contributed by atoms with E-state index in [1.807, 2.05) is 34.9 Å². The maximum Gasteiger partial charge on any atom is 0.124 e. The highest BCUT2D eigenvalue weighted by atomic mass is 35.5. The van der Waals surface area contributed by atoms with Crippen molar-refractivity contribution in [3.63, 3.8) is 0 Å². The molecule has 21 heavy (non-hydrogen) atoms. The second-order valence-electron chi connectivity index (χ2n) is 4.79. The van der Waals surface area contributed by atoms with Crippen molar-refractivity contribution >= 4 is 28.3 Å². The predicted molar refractivity (Wildman–Crippen MR) is 84.0 cm³/mol. The molecule has 0 radical (unpaired) electrons. The molecule has 3 aromatic rings. The summed E-state index contributed by atoms with van der Waals surface area (Å²) in [6.07, 6.45) is 0.259. The molecule has 0 aliphatic rings. The van der Waals surface area contributed by atoms with Gasteiger partial charge in [-0.1, -0.05) is 23.7 Å². The van der Waals surface area contributed by atoms with Crippen molar-refractivity contribution < 1.29 is 0 Å². The molecule has 0 spiro atoms. The first-order valence-corrected chi connectivity index (χ1v) is 6.92. The Morgan fingerprint density at radius 2 is 2.05 bits per heavy atom. The van der Waals surface area contributed by atoms with Crippen LogP contribution in [0.15, 0.2) is 42.5 Å². The first-order chi connectivity index (χ1) is 10.2. The van der Waals surface area contributed by atoms with Crippen LogP contribution in [0.3, 0.4) is 0 Å². The number of fused-ring (bicyclic) bond motifs is 1. The van der Waals surface area contributed by atoms with Crippen LogP contribution >= 0.6 is 11.6 Å². The second kappa shape index (κ2) is 5.47. The molecule has 1 aromatic heterocycles. The molecular weight excluding hydrogens is 284 g/mol. The van der Waals surface area contributed by atoms with E-state index in [1.165, 1.54) is 0 Å². The molecule has 0 fully saturated rings. The van der Waals surface area contributed by atoms with E-state index in [-0.39, 0.29) is 6.42 Å². The lowest BCUT2D eigenvalue weighted by atomic mass is 10.2. The Morgan fingerprint density at radius 3 is 2.86 bits per heavy atom. The maximum atomic E-state index is 8.98. The van der Waals surface area contributed by atoms with Crippen LogP contribution in [-0.4, -0.2) is 9.55 Å². The number of para-hydroxylation sites is 2. The molecule has 5 heteroatoms. The Hall–Kier alpha value is -2.51. The van der Waals surface area contributed by atoms with E-state index in [0.29, 0.717) is 17.3 Å². The van der Waals surface area contributed by atoms with Gasteiger partial charge in [0, 0.05) is 10.7 Å². The summed E-state index contributed by atoms with van der Waals surface area (Å²) in [7, 11) is 0. The van der Waals surface area contributed by atoms with Gasteiger partial charge in [-0.05, 0) is 35.9 Å². The quantitative estimate of drug-likeness (QED) is 0.753. The highest BCUT2D eigenvalue weighted by Crippen LogP contribution is 2.23. The zero-order valence-electron chi connectivity index (χ0n) is 11.3. The number of halogens is 1. The fourth-order valence-corrected chi connectivity index (χ4v) is 2.57. The predicted octanol–water partition coefficient (Wildman–Crippen LogP) is 3.39. The highest BCUT2D eigenvalue weighted by Gasteiger charge is 2.12. The van der Waals surface area contributed by atoms with Crippen LogP contribution in [-0.2, 0) is 13.0 Å². The number of hydrogen-bond acceptors (Lipinski definition) is 3. The molecule has 1 heterocycles. The lowest BCUT2D eigenvalue weighted by molar-refractivity contribution is 0.770. The molecule has 3 rings (SSSR count). The van der Waals surface area contributed by atoms with Crippen molar-refractivity contribution in [3.05, 3.63) is 58.9 Å². The number of imidazole rings is 1. The Kier molecular flexibility index (Phi) is 3.51. The smallest absolute Gasteiger partial charge is 0.124 e. The summed E-state index contributed by atoms with van der Waals surface area (Å²) in [6, 6.07) is 15.4. The van der Waals surface area contributed by atoms with Gasteiger partial charge in [0.1, 0.15) is 5.82 Å². The van der Waals surface area contributed by atoms with Crippen LogP contribution in [0.5, 0.6) is 0 Å². The van der Waals surface area contributed by atoms with Gasteiger partial charge in [0.15, 0.2) is 0 Å². The first kappa shape index (κ1) is 13.5. The monoisotopic (exact) mass is 296 g/mol. The largest absolute Gasteiger partial charge is 0.399 e. The molecule has 0 saturated heterocycles. The lowest BCUT2D eigenvalue weighted by Crippen LogP contribution is -2.05. The Bertz CT molecular complexity index is 845. The zero-order valence-corrected chi connectivity index (χ0v) is 12.0. The molecule has 4 nitrogen and oxygen atoms in total. The third-order valence-corrected chi connectivity index (χ3v) is 3.74. The van der Waals surface area contributed by atoms with Crippen molar-refractivity contribution in [2.75, 3.05) is 5.73 Å². The summed E-state index contributed by atoms with van der Waals surface area (Å²) < 4.78 is 2.01. The molecule has 0 saturated carbocycles. The van der Waals surface area contributed by atoms with Gasteiger partial charge in [-0.3, -0.25) is 0 Å². The van der Waals surface area contributed by atoms with Gasteiger partial charge in [-0.15, -0.1) is 0 Å². The number of rotatable bonds is 3. The second-order valence-corrected chi connectivity index (χ2v) is 5.20. The number of anilines is 1. The minimum Gasteiger partial charge on any atom is -0.399 e. The normalized spacial score (nSPS) is 10.7. The van der Waals surface area contributed by atoms with Crippen molar-refractivity contribution in [2.45, 2.75) is 13.0 Å². The van der Waals surface area contributed by atoms with E-state index in [2.05, 4.69) is 11.1 Å². The van der Waals surface area contributed by atoms with Crippen LogP contribution < -0.4 is 5.73 Å². The number of nitrogens with zero attached hydrogens (tertiary/aromatic N) is 3. The van der Waals surface area contributed by atoms with Crippen molar-refractivity contribution in [2.24, 2.45) is 0 Å². The minimum atomic E-state index is 0.259. The summed E-state index contributed by atoms with van der Waals surface area (Å²) in [5.41, 5.74) is 9.28. The summed E-state index contributed by atoms with van der Waals surface area (Å²) in [5.74, 6) is 0.734. The van der Waals surface area contributed by atoms with E-state index in [1.54, 1.807) is 12.1 Å². The van der Waals surface area contributed by atoms with E-state index >= 15 is 0 Å². The molecule has 0 aliphatic heterocycles. The minimum absolute atomic E-state index is 0.259. The molecular formula is C16H13ClN4. The van der Waals surface area contributed by atoms with E-state index in [9.17, 15) is 0 Å². The summed E-state index contributed by atoms with van der Waals surface area (Å²) in [6.45, 7) is 0.543. The van der Waals surface area contributed by atoms with Gasteiger partial charge < -0.3 is 10.3 Å². The molecule has 2 N–H and O–H groups in total. The van der Waals surface area contributed by atoms with Gasteiger partial charge in [0.25, 0.3) is 0 Å². The standard InChI is InChI=1S/C16H13ClN4/c17-13-6-5-12(19)9-11(13)10-21-15-4-2-1-3-14(15)20-16(21)7-8-18/h1-6,9H,7,10,19H2. The van der Waals surface area contributed by atoms with Gasteiger partial charge >= 0.3 is 0 Å². The SMILES string of the molecule is N#CCc1nc2ccccc2n1Cc1cc(N)ccc1Cl. The van der Waals surface area contributed by atoms with Crippen molar-refractivity contribution in [1.82, 2.24) is 9.55 Å². The van der Waals surface area contributed by atoms with Crippen LogP contribution in [0, 0.1) is 11.3 Å². The molecule has 0 atom stereocenters. The fraction of sp³-hybridized carbons (Fsp3) is 0.125. The summed E-state index contributed by atoms with van der Waals surface area (Å²) in [5, 5.41) is 9.64. The summed E-state index contributed by atoms with van der Waals surface area (Å²) in [4.78, 5) is 4.52. The number of nitriles is 1. The molecule has 0 unspecified atom stereocenters. The van der Waals surface area contributed by atoms with Crippen LogP contribution in [0.25, 0.3) is 11.0 Å². The van der Waals surface area contributed by atoms with Crippen molar-refractivity contribution in [3.8, 4) is 6.07 Å². The van der Waals surface area contributed by atoms with Crippen LogP contribution in [0.1, 0.15) is 11.4 Å². The van der Waals surface area contributed by atoms with Gasteiger partial charge in [0.05, 0.1) is 30.1 Å².